The number of pyridine rings is 1. The van der Waals surface area contributed by atoms with Crippen molar-refractivity contribution in [2.75, 3.05) is 4.90 Å². The number of benzene rings is 1. The highest BCUT2D eigenvalue weighted by Crippen LogP contribution is 2.28. The fourth-order valence-electron chi connectivity index (χ4n) is 3.15. The largest absolute Gasteiger partial charge is 0.369 e. The molecule has 9 heteroatoms. The summed E-state index contributed by atoms with van der Waals surface area (Å²) in [4.78, 5) is 26.5. The Labute approximate surface area is 180 Å². The SMILES string of the molecule is Br.CC1(C)N=C(N)N=C(N)N1c1cccc(CCC(=O)NCc2cccnc2)c1. The first-order valence-corrected chi connectivity index (χ1v) is 9.09. The summed E-state index contributed by atoms with van der Waals surface area (Å²) < 4.78 is 0. The van der Waals surface area contributed by atoms with E-state index in [2.05, 4.69) is 20.3 Å². The van der Waals surface area contributed by atoms with E-state index in [1.54, 1.807) is 12.4 Å². The van der Waals surface area contributed by atoms with Crippen LogP contribution in [0.3, 0.4) is 0 Å². The second kappa shape index (κ2) is 9.51. The highest BCUT2D eigenvalue weighted by molar-refractivity contribution is 8.93. The molecule has 0 fully saturated rings. The number of aryl methyl sites for hydroxylation is 1. The van der Waals surface area contributed by atoms with Crippen molar-refractivity contribution >= 4 is 40.5 Å². The van der Waals surface area contributed by atoms with Crippen molar-refractivity contribution in [3.8, 4) is 0 Å². The van der Waals surface area contributed by atoms with Gasteiger partial charge in [0.15, 0.2) is 0 Å². The molecule has 1 aliphatic heterocycles. The first kappa shape index (κ1) is 22.4. The smallest absolute Gasteiger partial charge is 0.220 e. The van der Waals surface area contributed by atoms with Gasteiger partial charge in [-0.3, -0.25) is 14.7 Å². The van der Waals surface area contributed by atoms with Crippen LogP contribution in [0.15, 0.2) is 58.8 Å². The van der Waals surface area contributed by atoms with Crippen molar-refractivity contribution in [1.82, 2.24) is 10.3 Å². The van der Waals surface area contributed by atoms with Gasteiger partial charge in [-0.15, -0.1) is 17.0 Å². The number of nitrogens with one attached hydrogen (secondary N) is 1. The van der Waals surface area contributed by atoms with Crippen LogP contribution in [0.1, 0.15) is 31.4 Å². The Morgan fingerprint density at radius 3 is 2.62 bits per heavy atom. The topological polar surface area (TPSA) is 122 Å². The fraction of sp³-hybridized carbons (Fsp3) is 0.300. The monoisotopic (exact) mass is 459 g/mol. The number of anilines is 1. The van der Waals surface area contributed by atoms with Crippen molar-refractivity contribution in [2.24, 2.45) is 21.5 Å². The molecule has 3 rings (SSSR count). The molecule has 154 valence electrons. The van der Waals surface area contributed by atoms with Crippen LogP contribution in [-0.2, 0) is 17.8 Å². The minimum absolute atomic E-state index is 0. The van der Waals surface area contributed by atoms with Gasteiger partial charge >= 0.3 is 0 Å². The van der Waals surface area contributed by atoms with Crippen LogP contribution in [0.4, 0.5) is 5.69 Å². The van der Waals surface area contributed by atoms with Gasteiger partial charge in [0.05, 0.1) is 0 Å². The molecule has 2 heterocycles. The minimum Gasteiger partial charge on any atom is -0.369 e. The van der Waals surface area contributed by atoms with Crippen LogP contribution in [-0.4, -0.2) is 28.5 Å². The lowest BCUT2D eigenvalue weighted by atomic mass is 10.1. The second-order valence-corrected chi connectivity index (χ2v) is 7.08. The number of guanidine groups is 2. The number of hydrogen-bond donors (Lipinski definition) is 3. The summed E-state index contributed by atoms with van der Waals surface area (Å²) in [5.74, 6) is 0.454. The van der Waals surface area contributed by atoms with Crippen molar-refractivity contribution in [2.45, 2.75) is 38.9 Å². The molecule has 0 spiro atoms. The van der Waals surface area contributed by atoms with E-state index in [4.69, 9.17) is 11.5 Å². The van der Waals surface area contributed by atoms with E-state index in [0.717, 1.165) is 16.8 Å². The number of aromatic nitrogens is 1. The van der Waals surface area contributed by atoms with Gasteiger partial charge in [-0.1, -0.05) is 18.2 Å². The van der Waals surface area contributed by atoms with Gasteiger partial charge in [-0.2, -0.15) is 4.99 Å². The predicted molar refractivity (Wildman–Crippen MR) is 121 cm³/mol. The molecule has 0 bridgehead atoms. The van der Waals surface area contributed by atoms with Gasteiger partial charge in [0.25, 0.3) is 0 Å². The molecule has 0 aliphatic carbocycles. The molecule has 0 saturated heterocycles. The molecule has 29 heavy (non-hydrogen) atoms. The van der Waals surface area contributed by atoms with Crippen molar-refractivity contribution in [3.63, 3.8) is 0 Å². The molecule has 0 saturated carbocycles. The number of aliphatic imine (C=N–C) groups is 2. The summed E-state index contributed by atoms with van der Waals surface area (Å²) in [5.41, 5.74) is 14.0. The van der Waals surface area contributed by atoms with Gasteiger partial charge < -0.3 is 16.8 Å². The van der Waals surface area contributed by atoms with Crippen molar-refractivity contribution in [3.05, 3.63) is 59.9 Å². The molecular formula is C20H26BrN7O. The van der Waals surface area contributed by atoms with Gasteiger partial charge in [-0.25, -0.2) is 4.99 Å². The molecule has 1 aromatic carbocycles. The molecule has 0 radical (unpaired) electrons. The normalized spacial score (nSPS) is 15.0. The summed E-state index contributed by atoms with van der Waals surface area (Å²) in [5, 5.41) is 2.91. The van der Waals surface area contributed by atoms with Gasteiger partial charge in [0.1, 0.15) is 5.66 Å². The van der Waals surface area contributed by atoms with Crippen LogP contribution in [0, 0.1) is 0 Å². The van der Waals surface area contributed by atoms with E-state index >= 15 is 0 Å². The average molecular weight is 460 g/mol. The number of carbonyl (C=O) groups is 1. The van der Waals surface area contributed by atoms with E-state index in [-0.39, 0.29) is 28.8 Å². The minimum atomic E-state index is -0.643. The number of halogens is 1. The Morgan fingerprint density at radius 2 is 1.93 bits per heavy atom. The van der Waals surface area contributed by atoms with E-state index < -0.39 is 5.66 Å². The summed E-state index contributed by atoms with van der Waals surface area (Å²) in [6, 6.07) is 11.6. The molecule has 0 unspecified atom stereocenters. The standard InChI is InChI=1S/C20H25N7O.BrH/c1-20(2)26-18(21)25-19(22)27(20)16-7-3-5-14(11-16)8-9-17(28)24-13-15-6-4-10-23-12-15;/h3-7,10-12H,8-9,13H2,1-2H3,(H,24,28)(H4,21,22,25,26);1H. The first-order chi connectivity index (χ1) is 13.3. The van der Waals surface area contributed by atoms with Crippen LogP contribution in [0.2, 0.25) is 0 Å². The number of nitrogens with two attached hydrogens (primary N) is 2. The van der Waals surface area contributed by atoms with Crippen molar-refractivity contribution in [1.29, 1.82) is 0 Å². The lowest BCUT2D eigenvalue weighted by molar-refractivity contribution is -0.121. The maximum Gasteiger partial charge on any atom is 0.220 e. The van der Waals surface area contributed by atoms with Crippen LogP contribution in [0.25, 0.3) is 0 Å². The number of amides is 1. The Bertz CT molecular complexity index is 912. The Balaban J connectivity index is 0.00000300. The summed E-state index contributed by atoms with van der Waals surface area (Å²) >= 11 is 0. The van der Waals surface area contributed by atoms with Crippen LogP contribution in [0.5, 0.6) is 0 Å². The van der Waals surface area contributed by atoms with Gasteiger partial charge in [0, 0.05) is 31.0 Å². The predicted octanol–water partition coefficient (Wildman–Crippen LogP) is 2.09. The Morgan fingerprint density at radius 1 is 1.17 bits per heavy atom. The molecule has 1 aliphatic rings. The first-order valence-electron chi connectivity index (χ1n) is 9.09. The third-order valence-corrected chi connectivity index (χ3v) is 4.42. The highest BCUT2D eigenvalue weighted by atomic mass is 79.9. The summed E-state index contributed by atoms with van der Waals surface area (Å²) in [6.07, 6.45) is 4.45. The number of hydrogen-bond acceptors (Lipinski definition) is 7. The quantitative estimate of drug-likeness (QED) is 0.610. The summed E-state index contributed by atoms with van der Waals surface area (Å²) in [6.45, 7) is 4.31. The third-order valence-electron chi connectivity index (χ3n) is 4.42. The maximum absolute atomic E-state index is 12.2. The zero-order valence-corrected chi connectivity index (χ0v) is 18.2. The van der Waals surface area contributed by atoms with Crippen LogP contribution >= 0.6 is 17.0 Å². The lowest BCUT2D eigenvalue weighted by Gasteiger charge is -2.38. The molecule has 8 nitrogen and oxygen atoms in total. The molecular weight excluding hydrogens is 434 g/mol. The van der Waals surface area contributed by atoms with Gasteiger partial charge in [0.2, 0.25) is 17.8 Å². The number of rotatable bonds is 6. The molecule has 1 amide bonds. The second-order valence-electron chi connectivity index (χ2n) is 7.08. The van der Waals surface area contributed by atoms with Gasteiger partial charge in [-0.05, 0) is 49.6 Å². The fourth-order valence-corrected chi connectivity index (χ4v) is 3.15. The van der Waals surface area contributed by atoms with Crippen molar-refractivity contribution < 1.29 is 4.79 Å². The average Bonchev–Trinajstić information content (AvgIpc) is 2.64. The maximum atomic E-state index is 12.2. The number of carbonyl (C=O) groups excluding carboxylic acids is 1. The van der Waals surface area contributed by atoms with Crippen LogP contribution < -0.4 is 21.7 Å². The molecule has 0 atom stereocenters. The Hall–Kier alpha value is -2.94. The molecule has 5 N–H and O–H groups in total. The summed E-state index contributed by atoms with van der Waals surface area (Å²) in [7, 11) is 0. The molecule has 1 aromatic heterocycles. The highest BCUT2D eigenvalue weighted by Gasteiger charge is 2.32. The zero-order valence-electron chi connectivity index (χ0n) is 16.5. The Kier molecular flexibility index (Phi) is 7.33. The lowest BCUT2D eigenvalue weighted by Crippen LogP contribution is -2.54. The van der Waals surface area contributed by atoms with E-state index in [0.29, 0.717) is 25.3 Å². The third kappa shape index (κ3) is 5.77. The molecule has 2 aromatic rings. The van der Waals surface area contributed by atoms with E-state index in [1.807, 2.05) is 55.1 Å². The number of nitrogens with zero attached hydrogens (tertiary/aromatic N) is 4. The van der Waals surface area contributed by atoms with E-state index in [9.17, 15) is 4.79 Å². The zero-order chi connectivity index (χ0) is 20.1. The van der Waals surface area contributed by atoms with E-state index in [1.165, 1.54) is 0 Å².